The van der Waals surface area contributed by atoms with Crippen molar-refractivity contribution in [2.75, 3.05) is 33.3 Å². The summed E-state index contributed by atoms with van der Waals surface area (Å²) >= 11 is 0. The Balaban J connectivity index is 1.15. The van der Waals surface area contributed by atoms with Gasteiger partial charge in [-0.15, -0.1) is 0 Å². The van der Waals surface area contributed by atoms with Gasteiger partial charge < -0.3 is 19.9 Å². The minimum absolute atomic E-state index is 0.0637. The zero-order chi connectivity index (χ0) is 23.7. The number of fused-ring (bicyclic) bond motifs is 1. The van der Waals surface area contributed by atoms with Crippen LogP contribution < -0.4 is 10.1 Å². The highest BCUT2D eigenvalue weighted by Gasteiger charge is 2.42. The Morgan fingerprint density at radius 2 is 2.03 bits per heavy atom. The SMILES string of the molecule is COc1ccc2[nH]nc(C(=O)NC3CCC4(CCN(C(=O)CN5CCCCC5=O)CC4)C3)c2c1. The van der Waals surface area contributed by atoms with Gasteiger partial charge in [0.15, 0.2) is 5.69 Å². The van der Waals surface area contributed by atoms with Crippen molar-refractivity contribution in [1.29, 1.82) is 0 Å². The lowest BCUT2D eigenvalue weighted by molar-refractivity contribution is -0.143. The smallest absolute Gasteiger partial charge is 0.272 e. The number of carbonyl (C=O) groups is 3. The monoisotopic (exact) mass is 467 g/mol. The Kier molecular flexibility index (Phi) is 6.18. The molecule has 34 heavy (non-hydrogen) atoms. The number of hydrogen-bond donors (Lipinski definition) is 2. The summed E-state index contributed by atoms with van der Waals surface area (Å²) in [6, 6.07) is 5.63. The third-order valence-electron chi connectivity index (χ3n) is 7.95. The third kappa shape index (κ3) is 4.48. The van der Waals surface area contributed by atoms with Crippen LogP contribution in [0, 0.1) is 5.41 Å². The van der Waals surface area contributed by atoms with Crippen LogP contribution in [0.4, 0.5) is 0 Å². The van der Waals surface area contributed by atoms with E-state index in [1.165, 1.54) is 0 Å². The molecule has 1 aromatic heterocycles. The molecule has 1 aromatic carbocycles. The number of H-pyrrole nitrogens is 1. The predicted octanol–water partition coefficient (Wildman–Crippen LogP) is 2.48. The van der Waals surface area contributed by atoms with Crippen LogP contribution in [0.5, 0.6) is 5.75 Å². The number of hydrogen-bond acceptors (Lipinski definition) is 5. The molecule has 3 fully saturated rings. The molecule has 2 saturated heterocycles. The highest BCUT2D eigenvalue weighted by molar-refractivity contribution is 6.05. The molecule has 0 bridgehead atoms. The van der Waals surface area contributed by atoms with Crippen LogP contribution in [0.3, 0.4) is 0 Å². The third-order valence-corrected chi connectivity index (χ3v) is 7.95. The lowest BCUT2D eigenvalue weighted by Crippen LogP contribution is -2.48. The maximum absolute atomic E-state index is 13.0. The van der Waals surface area contributed by atoms with Crippen LogP contribution >= 0.6 is 0 Å². The van der Waals surface area contributed by atoms with E-state index in [1.54, 1.807) is 12.0 Å². The largest absolute Gasteiger partial charge is 0.497 e. The average molecular weight is 468 g/mol. The van der Waals surface area contributed by atoms with Gasteiger partial charge in [-0.3, -0.25) is 19.5 Å². The lowest BCUT2D eigenvalue weighted by Gasteiger charge is -2.40. The van der Waals surface area contributed by atoms with Crippen LogP contribution in [0.2, 0.25) is 0 Å². The zero-order valence-electron chi connectivity index (χ0n) is 19.8. The minimum atomic E-state index is -0.166. The molecule has 0 radical (unpaired) electrons. The van der Waals surface area contributed by atoms with Crippen molar-refractivity contribution >= 4 is 28.6 Å². The molecule has 9 heteroatoms. The first kappa shape index (κ1) is 22.7. The first-order valence-corrected chi connectivity index (χ1v) is 12.3. The van der Waals surface area contributed by atoms with Crippen molar-refractivity contribution < 1.29 is 19.1 Å². The zero-order valence-corrected chi connectivity index (χ0v) is 19.8. The number of aromatic nitrogens is 2. The van der Waals surface area contributed by atoms with E-state index in [0.29, 0.717) is 24.4 Å². The normalized spacial score (nSPS) is 22.4. The van der Waals surface area contributed by atoms with E-state index in [4.69, 9.17) is 4.74 Å². The number of methoxy groups -OCH3 is 1. The van der Waals surface area contributed by atoms with Crippen LogP contribution in [0.1, 0.15) is 61.9 Å². The fourth-order valence-electron chi connectivity index (χ4n) is 5.85. The number of amides is 3. The number of aromatic amines is 1. The van der Waals surface area contributed by atoms with Gasteiger partial charge >= 0.3 is 0 Å². The molecule has 1 unspecified atom stereocenters. The van der Waals surface area contributed by atoms with Crippen molar-refractivity contribution in [1.82, 2.24) is 25.3 Å². The first-order chi connectivity index (χ1) is 16.5. The Labute approximate surface area is 199 Å². The van der Waals surface area contributed by atoms with E-state index in [-0.39, 0.29) is 35.7 Å². The summed E-state index contributed by atoms with van der Waals surface area (Å²) < 4.78 is 5.29. The van der Waals surface area contributed by atoms with E-state index in [0.717, 1.165) is 68.9 Å². The van der Waals surface area contributed by atoms with Gasteiger partial charge in [-0.2, -0.15) is 5.10 Å². The number of benzene rings is 1. The second kappa shape index (κ2) is 9.27. The quantitative estimate of drug-likeness (QED) is 0.703. The van der Waals surface area contributed by atoms with Gasteiger partial charge in [0.05, 0.1) is 19.2 Å². The van der Waals surface area contributed by atoms with E-state index < -0.39 is 0 Å². The number of carbonyl (C=O) groups excluding carboxylic acids is 3. The van der Waals surface area contributed by atoms with Gasteiger partial charge in [-0.05, 0) is 68.6 Å². The molecule has 3 aliphatic rings. The summed E-state index contributed by atoms with van der Waals surface area (Å²) in [5.41, 5.74) is 1.37. The van der Waals surface area contributed by atoms with Crippen molar-refractivity contribution in [3.05, 3.63) is 23.9 Å². The Morgan fingerprint density at radius 3 is 2.79 bits per heavy atom. The second-order valence-electron chi connectivity index (χ2n) is 10.1. The molecule has 1 spiro atoms. The molecule has 1 atom stereocenters. The second-order valence-corrected chi connectivity index (χ2v) is 10.1. The number of nitrogens with zero attached hydrogens (tertiary/aromatic N) is 3. The Hall–Kier alpha value is -3.10. The topological polar surface area (TPSA) is 108 Å². The molecule has 182 valence electrons. The number of piperidine rings is 2. The molecule has 9 nitrogen and oxygen atoms in total. The minimum Gasteiger partial charge on any atom is -0.497 e. The summed E-state index contributed by atoms with van der Waals surface area (Å²) in [5.74, 6) is 0.688. The summed E-state index contributed by atoms with van der Waals surface area (Å²) in [6.45, 7) is 2.37. The van der Waals surface area contributed by atoms with Crippen LogP contribution in [-0.4, -0.2) is 77.0 Å². The van der Waals surface area contributed by atoms with Crippen LogP contribution in [0.15, 0.2) is 18.2 Å². The molecular weight excluding hydrogens is 434 g/mol. The first-order valence-electron chi connectivity index (χ1n) is 12.3. The molecule has 1 aliphatic carbocycles. The molecule has 3 amide bonds. The van der Waals surface area contributed by atoms with Gasteiger partial charge in [0.25, 0.3) is 5.91 Å². The molecule has 3 heterocycles. The number of nitrogens with one attached hydrogen (secondary N) is 2. The van der Waals surface area contributed by atoms with Crippen molar-refractivity contribution in [2.45, 2.75) is 57.4 Å². The molecular formula is C25H33N5O4. The van der Waals surface area contributed by atoms with Crippen molar-refractivity contribution in [3.8, 4) is 5.75 Å². The fraction of sp³-hybridized carbons (Fsp3) is 0.600. The number of rotatable bonds is 5. The van der Waals surface area contributed by atoms with Gasteiger partial charge in [-0.1, -0.05) is 0 Å². The number of ether oxygens (including phenoxy) is 1. The van der Waals surface area contributed by atoms with Crippen LogP contribution in [0.25, 0.3) is 10.9 Å². The van der Waals surface area contributed by atoms with Crippen LogP contribution in [-0.2, 0) is 9.59 Å². The molecule has 2 N–H and O–H groups in total. The van der Waals surface area contributed by atoms with Crippen molar-refractivity contribution in [2.24, 2.45) is 5.41 Å². The van der Waals surface area contributed by atoms with Gasteiger partial charge in [0.1, 0.15) is 5.75 Å². The fourth-order valence-corrected chi connectivity index (χ4v) is 5.85. The Morgan fingerprint density at radius 1 is 1.21 bits per heavy atom. The summed E-state index contributed by atoms with van der Waals surface area (Å²) in [5, 5.41) is 11.1. The number of likely N-dealkylation sites (tertiary alicyclic amines) is 2. The standard InChI is InChI=1S/C25H33N5O4/c1-34-18-5-6-20-19(14-18)23(28-27-20)24(33)26-17-7-8-25(15-17)9-12-29(13-10-25)22(32)16-30-11-3-2-4-21(30)31/h5-6,14,17H,2-4,7-13,15-16H2,1H3,(H,26,33)(H,27,28). The molecule has 5 rings (SSSR count). The summed E-state index contributed by atoms with van der Waals surface area (Å²) in [7, 11) is 1.60. The highest BCUT2D eigenvalue weighted by Crippen LogP contribution is 2.46. The maximum Gasteiger partial charge on any atom is 0.272 e. The van der Waals surface area contributed by atoms with E-state index in [9.17, 15) is 14.4 Å². The molecule has 1 saturated carbocycles. The van der Waals surface area contributed by atoms with E-state index in [1.807, 2.05) is 23.1 Å². The van der Waals surface area contributed by atoms with E-state index in [2.05, 4.69) is 15.5 Å². The summed E-state index contributed by atoms with van der Waals surface area (Å²) in [4.78, 5) is 41.4. The van der Waals surface area contributed by atoms with Gasteiger partial charge in [0, 0.05) is 37.5 Å². The highest BCUT2D eigenvalue weighted by atomic mass is 16.5. The maximum atomic E-state index is 13.0. The van der Waals surface area contributed by atoms with E-state index >= 15 is 0 Å². The van der Waals surface area contributed by atoms with Gasteiger partial charge in [0.2, 0.25) is 11.8 Å². The Bertz CT molecular complexity index is 1090. The van der Waals surface area contributed by atoms with Crippen molar-refractivity contribution in [3.63, 3.8) is 0 Å². The molecule has 2 aliphatic heterocycles. The summed E-state index contributed by atoms with van der Waals surface area (Å²) in [6.07, 6.45) is 7.29. The van der Waals surface area contributed by atoms with Gasteiger partial charge in [-0.25, -0.2) is 0 Å². The lowest BCUT2D eigenvalue weighted by atomic mass is 9.77. The molecule has 2 aromatic rings. The average Bonchev–Trinajstić information content (AvgIpc) is 3.44. The predicted molar refractivity (Wildman–Crippen MR) is 126 cm³/mol.